The summed E-state index contributed by atoms with van der Waals surface area (Å²) in [6.07, 6.45) is 0. The molecular weight excluding hydrogens is 266 g/mol. The van der Waals surface area contributed by atoms with E-state index in [9.17, 15) is 4.79 Å². The first kappa shape index (κ1) is 14.7. The van der Waals surface area contributed by atoms with Crippen LogP contribution in [-0.4, -0.2) is 20.1 Å². The predicted molar refractivity (Wildman–Crippen MR) is 84.5 cm³/mol. The SMILES string of the molecule is COc1ccc(CN(C)c2ccc(N)cc2C(N)=O)cc1. The molecule has 0 spiro atoms. The summed E-state index contributed by atoms with van der Waals surface area (Å²) in [5.41, 5.74) is 13.9. The Bertz CT molecular complexity index is 638. The number of anilines is 2. The van der Waals surface area contributed by atoms with Gasteiger partial charge >= 0.3 is 0 Å². The van der Waals surface area contributed by atoms with Crippen molar-refractivity contribution in [1.82, 2.24) is 0 Å². The van der Waals surface area contributed by atoms with E-state index in [-0.39, 0.29) is 0 Å². The van der Waals surface area contributed by atoms with Crippen molar-refractivity contribution in [2.75, 3.05) is 24.8 Å². The van der Waals surface area contributed by atoms with E-state index in [1.54, 1.807) is 25.3 Å². The second-order valence-electron chi connectivity index (χ2n) is 4.84. The van der Waals surface area contributed by atoms with Crippen LogP contribution in [0.25, 0.3) is 0 Å². The van der Waals surface area contributed by atoms with Gasteiger partial charge < -0.3 is 21.1 Å². The van der Waals surface area contributed by atoms with E-state index in [1.807, 2.05) is 36.2 Å². The molecule has 1 amide bonds. The summed E-state index contributed by atoms with van der Waals surface area (Å²) in [6, 6.07) is 12.9. The zero-order valence-corrected chi connectivity index (χ0v) is 12.2. The van der Waals surface area contributed by atoms with Crippen molar-refractivity contribution < 1.29 is 9.53 Å². The fourth-order valence-corrected chi connectivity index (χ4v) is 2.17. The number of carbonyl (C=O) groups is 1. The second-order valence-corrected chi connectivity index (χ2v) is 4.84. The van der Waals surface area contributed by atoms with Gasteiger partial charge in [-0.1, -0.05) is 12.1 Å². The van der Waals surface area contributed by atoms with Gasteiger partial charge in [-0.05, 0) is 35.9 Å². The van der Waals surface area contributed by atoms with Crippen LogP contribution in [-0.2, 0) is 6.54 Å². The topological polar surface area (TPSA) is 81.6 Å². The van der Waals surface area contributed by atoms with Crippen LogP contribution in [0.15, 0.2) is 42.5 Å². The van der Waals surface area contributed by atoms with Crippen LogP contribution in [0.2, 0.25) is 0 Å². The molecule has 0 aromatic heterocycles. The van der Waals surface area contributed by atoms with Crippen LogP contribution < -0.4 is 21.1 Å². The van der Waals surface area contributed by atoms with Crippen molar-refractivity contribution in [3.05, 3.63) is 53.6 Å². The largest absolute Gasteiger partial charge is 0.497 e. The van der Waals surface area contributed by atoms with E-state index in [0.717, 1.165) is 17.0 Å². The standard InChI is InChI=1S/C16H19N3O2/c1-19(10-11-3-6-13(21-2)7-4-11)15-8-5-12(17)9-14(15)16(18)20/h3-9H,10,17H2,1-2H3,(H2,18,20). The van der Waals surface area contributed by atoms with Gasteiger partial charge in [0.1, 0.15) is 5.75 Å². The Kier molecular flexibility index (Phi) is 4.33. The highest BCUT2D eigenvalue weighted by Gasteiger charge is 2.12. The molecule has 0 heterocycles. The molecule has 5 nitrogen and oxygen atoms in total. The van der Waals surface area contributed by atoms with Crippen LogP contribution in [0, 0.1) is 0 Å². The van der Waals surface area contributed by atoms with Gasteiger partial charge in [0.2, 0.25) is 0 Å². The maximum absolute atomic E-state index is 11.5. The van der Waals surface area contributed by atoms with E-state index >= 15 is 0 Å². The van der Waals surface area contributed by atoms with Gasteiger partial charge in [0, 0.05) is 25.0 Å². The van der Waals surface area contributed by atoms with Crippen molar-refractivity contribution >= 4 is 17.3 Å². The summed E-state index contributed by atoms with van der Waals surface area (Å²) in [6.45, 7) is 0.647. The number of carbonyl (C=O) groups excluding carboxylic acids is 1. The average molecular weight is 285 g/mol. The number of nitrogen functional groups attached to an aromatic ring is 1. The molecule has 0 atom stereocenters. The zero-order chi connectivity index (χ0) is 15.4. The van der Waals surface area contributed by atoms with Gasteiger partial charge in [0.15, 0.2) is 0 Å². The Morgan fingerprint density at radius 3 is 2.43 bits per heavy atom. The van der Waals surface area contributed by atoms with Gasteiger partial charge in [-0.25, -0.2) is 0 Å². The lowest BCUT2D eigenvalue weighted by atomic mass is 10.1. The number of hydrogen-bond acceptors (Lipinski definition) is 4. The fraction of sp³-hybridized carbons (Fsp3) is 0.188. The molecule has 0 fully saturated rings. The average Bonchev–Trinajstić information content (AvgIpc) is 2.47. The molecule has 5 heteroatoms. The summed E-state index contributed by atoms with van der Waals surface area (Å²) < 4.78 is 5.13. The number of nitrogens with two attached hydrogens (primary N) is 2. The fourth-order valence-electron chi connectivity index (χ4n) is 2.17. The first-order valence-corrected chi connectivity index (χ1v) is 6.54. The van der Waals surface area contributed by atoms with Crippen LogP contribution in [0.5, 0.6) is 5.75 Å². The quantitative estimate of drug-likeness (QED) is 0.823. The highest BCUT2D eigenvalue weighted by Crippen LogP contribution is 2.24. The lowest BCUT2D eigenvalue weighted by molar-refractivity contribution is 0.100. The molecule has 0 bridgehead atoms. The molecule has 0 aliphatic rings. The molecule has 0 saturated heterocycles. The number of hydrogen-bond donors (Lipinski definition) is 2. The van der Waals surface area contributed by atoms with Crippen molar-refractivity contribution in [2.45, 2.75) is 6.54 Å². The van der Waals surface area contributed by atoms with Gasteiger partial charge in [-0.3, -0.25) is 4.79 Å². The predicted octanol–water partition coefficient (Wildman–Crippen LogP) is 2.01. The molecular formula is C16H19N3O2. The van der Waals surface area contributed by atoms with Gasteiger partial charge in [-0.2, -0.15) is 0 Å². The monoisotopic (exact) mass is 285 g/mol. The zero-order valence-electron chi connectivity index (χ0n) is 12.2. The molecule has 0 saturated carbocycles. The van der Waals surface area contributed by atoms with Crippen molar-refractivity contribution in [3.8, 4) is 5.75 Å². The first-order chi connectivity index (χ1) is 10.0. The van der Waals surface area contributed by atoms with Crippen molar-refractivity contribution in [3.63, 3.8) is 0 Å². The summed E-state index contributed by atoms with van der Waals surface area (Å²) in [4.78, 5) is 13.5. The number of rotatable bonds is 5. The molecule has 0 aliphatic heterocycles. The van der Waals surface area contributed by atoms with Crippen LogP contribution in [0.4, 0.5) is 11.4 Å². The van der Waals surface area contributed by atoms with E-state index in [0.29, 0.717) is 17.8 Å². The number of primary amides is 1. The molecule has 110 valence electrons. The summed E-state index contributed by atoms with van der Waals surface area (Å²) in [5.74, 6) is 0.325. The number of methoxy groups -OCH3 is 1. The van der Waals surface area contributed by atoms with Crippen LogP contribution in [0.1, 0.15) is 15.9 Å². The van der Waals surface area contributed by atoms with Gasteiger partial charge in [0.05, 0.1) is 12.7 Å². The third kappa shape index (κ3) is 3.45. The molecule has 21 heavy (non-hydrogen) atoms. The number of benzene rings is 2. The Morgan fingerprint density at radius 2 is 1.86 bits per heavy atom. The molecule has 2 aromatic carbocycles. The molecule has 0 unspecified atom stereocenters. The lowest BCUT2D eigenvalue weighted by Crippen LogP contribution is -2.22. The number of nitrogens with zero attached hydrogens (tertiary/aromatic N) is 1. The first-order valence-electron chi connectivity index (χ1n) is 6.54. The second kappa shape index (κ2) is 6.17. The van der Waals surface area contributed by atoms with E-state index in [4.69, 9.17) is 16.2 Å². The van der Waals surface area contributed by atoms with E-state index in [1.165, 1.54) is 0 Å². The third-order valence-electron chi connectivity index (χ3n) is 3.28. The van der Waals surface area contributed by atoms with Gasteiger partial charge in [0.25, 0.3) is 5.91 Å². The Morgan fingerprint density at radius 1 is 1.19 bits per heavy atom. The molecule has 2 rings (SSSR count). The normalized spacial score (nSPS) is 10.2. The molecule has 4 N–H and O–H groups in total. The van der Waals surface area contributed by atoms with Crippen LogP contribution >= 0.6 is 0 Å². The van der Waals surface area contributed by atoms with Crippen molar-refractivity contribution in [2.24, 2.45) is 5.73 Å². The number of amides is 1. The maximum atomic E-state index is 11.5. The number of ether oxygens (including phenoxy) is 1. The smallest absolute Gasteiger partial charge is 0.250 e. The van der Waals surface area contributed by atoms with Gasteiger partial charge in [-0.15, -0.1) is 0 Å². The summed E-state index contributed by atoms with van der Waals surface area (Å²) in [5, 5.41) is 0. The molecule has 2 aromatic rings. The minimum Gasteiger partial charge on any atom is -0.497 e. The highest BCUT2D eigenvalue weighted by molar-refractivity contribution is 5.99. The molecule has 0 radical (unpaired) electrons. The summed E-state index contributed by atoms with van der Waals surface area (Å²) >= 11 is 0. The highest BCUT2D eigenvalue weighted by atomic mass is 16.5. The maximum Gasteiger partial charge on any atom is 0.250 e. The Hall–Kier alpha value is -2.69. The molecule has 0 aliphatic carbocycles. The van der Waals surface area contributed by atoms with E-state index in [2.05, 4.69) is 0 Å². The Balaban J connectivity index is 2.23. The Labute approximate surface area is 124 Å². The summed E-state index contributed by atoms with van der Waals surface area (Å²) in [7, 11) is 3.54. The van der Waals surface area contributed by atoms with Crippen LogP contribution in [0.3, 0.4) is 0 Å². The van der Waals surface area contributed by atoms with E-state index < -0.39 is 5.91 Å². The lowest BCUT2D eigenvalue weighted by Gasteiger charge is -2.22. The third-order valence-corrected chi connectivity index (χ3v) is 3.28. The minimum absolute atomic E-state index is 0.422. The van der Waals surface area contributed by atoms with Crippen molar-refractivity contribution in [1.29, 1.82) is 0 Å². The minimum atomic E-state index is -0.487.